The summed E-state index contributed by atoms with van der Waals surface area (Å²) in [7, 11) is 0. The van der Waals surface area contributed by atoms with Gasteiger partial charge in [-0.25, -0.2) is 14.3 Å². The summed E-state index contributed by atoms with van der Waals surface area (Å²) in [5, 5.41) is 4.21. The van der Waals surface area contributed by atoms with Gasteiger partial charge in [-0.3, -0.25) is 4.79 Å². The molecule has 0 saturated carbocycles. The van der Waals surface area contributed by atoms with Crippen molar-refractivity contribution in [2.75, 3.05) is 6.61 Å². The van der Waals surface area contributed by atoms with Crippen molar-refractivity contribution in [3.63, 3.8) is 0 Å². The van der Waals surface area contributed by atoms with E-state index in [9.17, 15) is 9.59 Å². The molecule has 2 aromatic heterocycles. The summed E-state index contributed by atoms with van der Waals surface area (Å²) in [6.07, 6.45) is 4.19. The average molecular weight is 323 g/mol. The van der Waals surface area contributed by atoms with E-state index in [1.807, 2.05) is 19.1 Å². The number of carbonyl (C=O) groups is 2. The highest BCUT2D eigenvalue weighted by molar-refractivity contribution is 6.01. The fraction of sp³-hybridized carbons (Fsp3) is 0.222. The highest BCUT2D eigenvalue weighted by Gasteiger charge is 2.20. The zero-order valence-electron chi connectivity index (χ0n) is 13.5. The van der Waals surface area contributed by atoms with Gasteiger partial charge in [0.25, 0.3) is 0 Å². The lowest BCUT2D eigenvalue weighted by Crippen LogP contribution is -2.15. The van der Waals surface area contributed by atoms with Crippen LogP contribution in [-0.4, -0.2) is 33.0 Å². The third-order valence-corrected chi connectivity index (χ3v) is 3.79. The standard InChI is InChI=1S/C18H17N3O3/c1-3-13-5-7-14(8-6-13)15(22)11-24-18(23)16-12(2)20-21-10-4-9-19-17(16)21/h4-10H,3,11H2,1-2H3. The van der Waals surface area contributed by atoms with E-state index in [1.54, 1.807) is 37.5 Å². The first-order valence-corrected chi connectivity index (χ1v) is 7.69. The molecule has 0 unspecified atom stereocenters. The van der Waals surface area contributed by atoms with E-state index in [0.29, 0.717) is 16.9 Å². The van der Waals surface area contributed by atoms with Gasteiger partial charge in [0.15, 0.2) is 18.0 Å². The Kier molecular flexibility index (Phi) is 4.37. The van der Waals surface area contributed by atoms with Crippen LogP contribution in [0.5, 0.6) is 0 Å². The van der Waals surface area contributed by atoms with Crippen LogP contribution in [0.15, 0.2) is 42.7 Å². The molecule has 0 aliphatic heterocycles. The van der Waals surface area contributed by atoms with Crippen molar-refractivity contribution in [3.05, 3.63) is 65.1 Å². The van der Waals surface area contributed by atoms with Gasteiger partial charge in [-0.15, -0.1) is 0 Å². The first kappa shape index (κ1) is 15.9. The summed E-state index contributed by atoms with van der Waals surface area (Å²) >= 11 is 0. The van der Waals surface area contributed by atoms with E-state index in [2.05, 4.69) is 10.1 Å². The molecule has 2 heterocycles. The van der Waals surface area contributed by atoms with Crippen molar-refractivity contribution in [2.24, 2.45) is 0 Å². The lowest BCUT2D eigenvalue weighted by Gasteiger charge is -2.05. The molecule has 0 aliphatic rings. The van der Waals surface area contributed by atoms with E-state index in [1.165, 1.54) is 4.52 Å². The van der Waals surface area contributed by atoms with Gasteiger partial charge in [0.2, 0.25) is 0 Å². The van der Waals surface area contributed by atoms with Gasteiger partial charge < -0.3 is 4.74 Å². The van der Waals surface area contributed by atoms with Gasteiger partial charge in [0.1, 0.15) is 5.56 Å². The number of carbonyl (C=O) groups excluding carboxylic acids is 2. The monoisotopic (exact) mass is 323 g/mol. The number of benzene rings is 1. The third-order valence-electron chi connectivity index (χ3n) is 3.79. The Labute approximate surface area is 139 Å². The van der Waals surface area contributed by atoms with Crippen LogP contribution in [0, 0.1) is 6.92 Å². The Morgan fingerprint density at radius 3 is 2.67 bits per heavy atom. The molecule has 24 heavy (non-hydrogen) atoms. The van der Waals surface area contributed by atoms with Crippen molar-refractivity contribution in [1.29, 1.82) is 0 Å². The smallest absolute Gasteiger partial charge is 0.344 e. The summed E-state index contributed by atoms with van der Waals surface area (Å²) in [5.74, 6) is -0.840. The minimum Gasteiger partial charge on any atom is -0.454 e. The topological polar surface area (TPSA) is 73.6 Å². The number of ether oxygens (including phenoxy) is 1. The van der Waals surface area contributed by atoms with Crippen molar-refractivity contribution in [3.8, 4) is 0 Å². The summed E-state index contributed by atoms with van der Waals surface area (Å²) in [6.45, 7) is 3.44. The van der Waals surface area contributed by atoms with Crippen molar-refractivity contribution >= 4 is 17.4 Å². The summed E-state index contributed by atoms with van der Waals surface area (Å²) in [6, 6.07) is 9.01. The van der Waals surface area contributed by atoms with Gasteiger partial charge in [0, 0.05) is 18.0 Å². The largest absolute Gasteiger partial charge is 0.454 e. The first-order valence-electron chi connectivity index (χ1n) is 7.69. The van der Waals surface area contributed by atoms with E-state index in [4.69, 9.17) is 4.74 Å². The maximum Gasteiger partial charge on any atom is 0.344 e. The van der Waals surface area contributed by atoms with E-state index in [0.717, 1.165) is 12.0 Å². The minimum absolute atomic E-state index is 0.243. The third kappa shape index (κ3) is 3.03. The van der Waals surface area contributed by atoms with E-state index < -0.39 is 5.97 Å². The second-order valence-corrected chi connectivity index (χ2v) is 5.40. The molecular weight excluding hydrogens is 306 g/mol. The quantitative estimate of drug-likeness (QED) is 0.533. The van der Waals surface area contributed by atoms with Crippen LogP contribution in [0.25, 0.3) is 5.65 Å². The molecule has 6 heteroatoms. The minimum atomic E-state index is -0.597. The number of rotatable bonds is 5. The lowest BCUT2D eigenvalue weighted by atomic mass is 10.1. The SMILES string of the molecule is CCc1ccc(C(=O)COC(=O)c2c(C)nn3cccnc23)cc1. The summed E-state index contributed by atoms with van der Waals surface area (Å²) in [4.78, 5) is 28.6. The summed E-state index contributed by atoms with van der Waals surface area (Å²) in [5.41, 5.74) is 2.88. The van der Waals surface area contributed by atoms with Crippen LogP contribution in [0.1, 0.15) is 38.9 Å². The van der Waals surface area contributed by atoms with Crippen molar-refractivity contribution in [2.45, 2.75) is 20.3 Å². The fourth-order valence-electron chi connectivity index (χ4n) is 2.45. The fourth-order valence-corrected chi connectivity index (χ4v) is 2.45. The highest BCUT2D eigenvalue weighted by atomic mass is 16.5. The molecule has 0 bridgehead atoms. The molecule has 0 spiro atoms. The molecule has 0 aliphatic carbocycles. The lowest BCUT2D eigenvalue weighted by molar-refractivity contribution is 0.0475. The molecule has 3 rings (SSSR count). The highest BCUT2D eigenvalue weighted by Crippen LogP contribution is 2.14. The molecule has 0 N–H and O–H groups in total. The molecule has 1 aromatic carbocycles. The van der Waals surface area contributed by atoms with Crippen LogP contribution >= 0.6 is 0 Å². The normalized spacial score (nSPS) is 10.8. The second kappa shape index (κ2) is 6.62. The van der Waals surface area contributed by atoms with Crippen LogP contribution < -0.4 is 0 Å². The number of hydrogen-bond acceptors (Lipinski definition) is 5. The molecule has 0 amide bonds. The molecule has 122 valence electrons. The zero-order valence-corrected chi connectivity index (χ0v) is 13.5. The molecule has 6 nitrogen and oxygen atoms in total. The number of ketones is 1. The van der Waals surface area contributed by atoms with Gasteiger partial charge in [0.05, 0.1) is 5.69 Å². The predicted molar refractivity (Wildman–Crippen MR) is 88.2 cm³/mol. The van der Waals surface area contributed by atoms with Gasteiger partial charge in [-0.05, 0) is 25.0 Å². The number of nitrogens with zero attached hydrogens (tertiary/aromatic N) is 3. The van der Waals surface area contributed by atoms with Crippen LogP contribution in [-0.2, 0) is 11.2 Å². The number of aryl methyl sites for hydroxylation is 2. The number of esters is 1. The maximum absolute atomic E-state index is 12.3. The van der Waals surface area contributed by atoms with E-state index in [-0.39, 0.29) is 18.0 Å². The predicted octanol–water partition coefficient (Wildman–Crippen LogP) is 2.64. The number of Topliss-reactive ketones (excluding diaryl/α,β-unsaturated/α-hetero) is 1. The number of fused-ring (bicyclic) bond motifs is 1. The first-order chi connectivity index (χ1) is 11.6. The Morgan fingerprint density at radius 2 is 1.96 bits per heavy atom. The van der Waals surface area contributed by atoms with Crippen molar-refractivity contribution < 1.29 is 14.3 Å². The molecule has 0 saturated heterocycles. The number of aromatic nitrogens is 3. The van der Waals surface area contributed by atoms with Crippen LogP contribution in [0.4, 0.5) is 0 Å². The number of hydrogen-bond donors (Lipinski definition) is 0. The molecule has 0 atom stereocenters. The van der Waals surface area contributed by atoms with Crippen LogP contribution in [0.2, 0.25) is 0 Å². The second-order valence-electron chi connectivity index (χ2n) is 5.40. The van der Waals surface area contributed by atoms with Gasteiger partial charge in [-0.1, -0.05) is 31.2 Å². The molecule has 3 aromatic rings. The van der Waals surface area contributed by atoms with Gasteiger partial charge >= 0.3 is 5.97 Å². The van der Waals surface area contributed by atoms with Crippen molar-refractivity contribution in [1.82, 2.24) is 14.6 Å². The summed E-state index contributed by atoms with van der Waals surface area (Å²) < 4.78 is 6.68. The Balaban J connectivity index is 1.72. The van der Waals surface area contributed by atoms with E-state index >= 15 is 0 Å². The maximum atomic E-state index is 12.3. The molecule has 0 radical (unpaired) electrons. The van der Waals surface area contributed by atoms with Crippen LogP contribution in [0.3, 0.4) is 0 Å². The molecule has 0 fully saturated rings. The van der Waals surface area contributed by atoms with Gasteiger partial charge in [-0.2, -0.15) is 5.10 Å². The zero-order chi connectivity index (χ0) is 17.1. The Morgan fingerprint density at radius 1 is 1.21 bits per heavy atom. The average Bonchev–Trinajstić information content (AvgIpc) is 2.95. The Bertz CT molecular complexity index is 898. The molecular formula is C18H17N3O3. The Hall–Kier alpha value is -3.02.